The van der Waals surface area contributed by atoms with Crippen molar-refractivity contribution in [2.45, 2.75) is 6.42 Å². The number of rotatable bonds is 6. The van der Waals surface area contributed by atoms with E-state index in [0.29, 0.717) is 23.5 Å². The zero-order valence-electron chi connectivity index (χ0n) is 17.0. The van der Waals surface area contributed by atoms with Crippen LogP contribution in [0.15, 0.2) is 54.4 Å². The predicted octanol–water partition coefficient (Wildman–Crippen LogP) is 3.22. The number of carbonyl (C=O) groups excluding carboxylic acids is 2. The highest BCUT2D eigenvalue weighted by Crippen LogP contribution is 2.31. The molecule has 0 bridgehead atoms. The first kappa shape index (κ1) is 19.7. The van der Waals surface area contributed by atoms with Crippen LogP contribution < -0.4 is 15.4 Å². The number of para-hydroxylation sites is 2. The number of amides is 2. The van der Waals surface area contributed by atoms with Gasteiger partial charge in [-0.15, -0.1) is 0 Å². The van der Waals surface area contributed by atoms with Crippen molar-refractivity contribution >= 4 is 34.5 Å². The van der Waals surface area contributed by atoms with Crippen molar-refractivity contribution in [3.63, 3.8) is 0 Å². The normalized spacial score (nSPS) is 14.3. The molecule has 0 fully saturated rings. The zero-order valence-corrected chi connectivity index (χ0v) is 17.0. The molecule has 2 aromatic carbocycles. The van der Waals surface area contributed by atoms with Crippen molar-refractivity contribution in [3.8, 4) is 5.75 Å². The van der Waals surface area contributed by atoms with Crippen LogP contribution in [-0.4, -0.2) is 48.9 Å². The van der Waals surface area contributed by atoms with Gasteiger partial charge in [-0.25, -0.2) is 0 Å². The average Bonchev–Trinajstić information content (AvgIpc) is 3.15. The number of fused-ring (bicyclic) bond motifs is 2. The summed E-state index contributed by atoms with van der Waals surface area (Å²) in [6.07, 6.45) is 4.40. The molecule has 0 unspecified atom stereocenters. The van der Waals surface area contributed by atoms with E-state index in [9.17, 15) is 9.59 Å². The van der Waals surface area contributed by atoms with Crippen LogP contribution in [0.1, 0.15) is 22.3 Å². The Balaban J connectivity index is 1.57. The highest BCUT2D eigenvalue weighted by molar-refractivity contribution is 6.09. The van der Waals surface area contributed by atoms with E-state index in [1.165, 1.54) is 0 Å². The summed E-state index contributed by atoms with van der Waals surface area (Å²) in [5.74, 6) is 0.517. The summed E-state index contributed by atoms with van der Waals surface area (Å²) in [4.78, 5) is 30.0. The summed E-state index contributed by atoms with van der Waals surface area (Å²) in [5.41, 5.74) is 2.92. The van der Waals surface area contributed by atoms with Crippen LogP contribution in [-0.2, 0) is 4.79 Å². The first-order chi connectivity index (χ1) is 14.6. The van der Waals surface area contributed by atoms with E-state index >= 15 is 0 Å². The van der Waals surface area contributed by atoms with E-state index < -0.39 is 0 Å². The summed E-state index contributed by atoms with van der Waals surface area (Å²) in [6, 6.07) is 12.8. The number of aromatic nitrogens is 1. The lowest BCUT2D eigenvalue weighted by atomic mass is 10.1. The Bertz CT molecular complexity index is 1130. The Labute approximate surface area is 174 Å². The molecule has 0 atom stereocenters. The molecular weight excluding hydrogens is 380 g/mol. The van der Waals surface area contributed by atoms with Gasteiger partial charge in [-0.1, -0.05) is 18.2 Å². The second kappa shape index (κ2) is 8.42. The van der Waals surface area contributed by atoms with E-state index in [2.05, 4.69) is 15.6 Å². The third-order valence-electron chi connectivity index (χ3n) is 5.09. The van der Waals surface area contributed by atoms with Gasteiger partial charge in [0.15, 0.2) is 11.5 Å². The Morgan fingerprint density at radius 1 is 1.23 bits per heavy atom. The van der Waals surface area contributed by atoms with Crippen molar-refractivity contribution in [1.82, 2.24) is 15.2 Å². The fraction of sp³-hybridized carbons (Fsp3) is 0.217. The minimum Gasteiger partial charge on any atom is -0.449 e. The highest BCUT2D eigenvalue weighted by atomic mass is 16.5. The fourth-order valence-corrected chi connectivity index (χ4v) is 3.46. The third-order valence-corrected chi connectivity index (χ3v) is 5.09. The van der Waals surface area contributed by atoms with Crippen LogP contribution in [0.3, 0.4) is 0 Å². The second-order valence-electron chi connectivity index (χ2n) is 7.25. The number of aromatic amines is 1. The molecule has 30 heavy (non-hydrogen) atoms. The van der Waals surface area contributed by atoms with Gasteiger partial charge in [-0.05, 0) is 50.4 Å². The van der Waals surface area contributed by atoms with Gasteiger partial charge in [-0.3, -0.25) is 9.59 Å². The van der Waals surface area contributed by atoms with Gasteiger partial charge in [0.05, 0.1) is 5.69 Å². The molecule has 4 rings (SSSR count). The second-order valence-corrected chi connectivity index (χ2v) is 7.25. The van der Waals surface area contributed by atoms with E-state index in [1.807, 2.05) is 50.5 Å². The molecule has 0 radical (unpaired) electrons. The van der Waals surface area contributed by atoms with Gasteiger partial charge >= 0.3 is 0 Å². The number of H-pyrrole nitrogens is 1. The van der Waals surface area contributed by atoms with Gasteiger partial charge < -0.3 is 25.3 Å². The molecule has 154 valence electrons. The van der Waals surface area contributed by atoms with Crippen LogP contribution in [0.2, 0.25) is 0 Å². The summed E-state index contributed by atoms with van der Waals surface area (Å²) < 4.78 is 5.78. The van der Waals surface area contributed by atoms with Gasteiger partial charge in [0, 0.05) is 41.8 Å². The number of nitrogens with zero attached hydrogens (tertiary/aromatic N) is 1. The van der Waals surface area contributed by atoms with Crippen molar-refractivity contribution in [3.05, 3.63) is 65.5 Å². The number of anilines is 1. The Morgan fingerprint density at radius 2 is 2.07 bits per heavy atom. The molecule has 0 spiro atoms. The van der Waals surface area contributed by atoms with Crippen molar-refractivity contribution in [2.24, 2.45) is 0 Å². The number of benzene rings is 2. The largest absolute Gasteiger partial charge is 0.449 e. The first-order valence-electron chi connectivity index (χ1n) is 9.88. The number of nitrogens with one attached hydrogen (secondary N) is 3. The quantitative estimate of drug-likeness (QED) is 0.435. The molecule has 0 aliphatic carbocycles. The van der Waals surface area contributed by atoms with Gasteiger partial charge in [0.1, 0.15) is 0 Å². The topological polar surface area (TPSA) is 86.5 Å². The predicted molar refractivity (Wildman–Crippen MR) is 117 cm³/mol. The smallest absolute Gasteiger partial charge is 0.291 e. The summed E-state index contributed by atoms with van der Waals surface area (Å²) in [5, 5.41) is 6.82. The zero-order chi connectivity index (χ0) is 21.1. The molecule has 1 aromatic heterocycles. The molecule has 3 N–H and O–H groups in total. The highest BCUT2D eigenvalue weighted by Gasteiger charge is 2.22. The Hall–Kier alpha value is -3.58. The fourth-order valence-electron chi connectivity index (χ4n) is 3.46. The number of hydrogen-bond acceptors (Lipinski definition) is 4. The summed E-state index contributed by atoms with van der Waals surface area (Å²) in [7, 11) is 3.71. The third kappa shape index (κ3) is 3.92. The molecule has 2 amide bonds. The monoisotopic (exact) mass is 404 g/mol. The maximum Gasteiger partial charge on any atom is 0.291 e. The van der Waals surface area contributed by atoms with E-state index in [0.717, 1.165) is 29.4 Å². The molecule has 1 aliphatic rings. The maximum absolute atomic E-state index is 12.7. The van der Waals surface area contributed by atoms with Crippen LogP contribution in [0, 0.1) is 0 Å². The number of hydrogen-bond donors (Lipinski definition) is 3. The molecular formula is C23H24N4O3. The lowest BCUT2D eigenvalue weighted by molar-refractivity contribution is -0.115. The van der Waals surface area contributed by atoms with E-state index in [1.54, 1.807) is 23.2 Å². The Morgan fingerprint density at radius 3 is 2.90 bits per heavy atom. The Kier molecular flexibility index (Phi) is 5.54. The summed E-state index contributed by atoms with van der Waals surface area (Å²) >= 11 is 0. The lowest BCUT2D eigenvalue weighted by Gasteiger charge is -2.19. The minimum atomic E-state index is -0.293. The van der Waals surface area contributed by atoms with Gasteiger partial charge in [0.25, 0.3) is 11.8 Å². The molecule has 7 heteroatoms. The standard InChI is InChI=1S/C23H24N4O3/c1-24-10-5-11-27(2)23(29)15-8-9-17-16(14-25-19(17)12-15)13-21-22(28)26-18-6-3-4-7-20(18)30-21/h3-4,6-9,12-14,24-25H,5,10-11H2,1-2H3,(H,26,28)/b21-13-. The molecule has 0 saturated heterocycles. The van der Waals surface area contributed by atoms with Gasteiger partial charge in [0.2, 0.25) is 0 Å². The summed E-state index contributed by atoms with van der Waals surface area (Å²) in [6.45, 7) is 1.55. The van der Waals surface area contributed by atoms with Crippen molar-refractivity contribution in [2.75, 3.05) is 32.5 Å². The first-order valence-corrected chi connectivity index (χ1v) is 9.88. The van der Waals surface area contributed by atoms with Crippen molar-refractivity contribution in [1.29, 1.82) is 0 Å². The number of carbonyl (C=O) groups is 2. The van der Waals surface area contributed by atoms with Gasteiger partial charge in [-0.2, -0.15) is 0 Å². The molecule has 2 heterocycles. The van der Waals surface area contributed by atoms with Crippen LogP contribution in [0.5, 0.6) is 5.75 Å². The molecule has 1 aliphatic heterocycles. The van der Waals surface area contributed by atoms with Crippen LogP contribution in [0.25, 0.3) is 17.0 Å². The van der Waals surface area contributed by atoms with Crippen molar-refractivity contribution < 1.29 is 14.3 Å². The molecule has 7 nitrogen and oxygen atoms in total. The average molecular weight is 404 g/mol. The SMILES string of the molecule is CNCCCN(C)C(=O)c1ccc2c(/C=C3\Oc4ccccc4NC3=O)c[nH]c2c1. The number of ether oxygens (including phenoxy) is 1. The molecule has 3 aromatic rings. The van der Waals surface area contributed by atoms with E-state index in [-0.39, 0.29) is 17.6 Å². The minimum absolute atomic E-state index is 0.0193. The maximum atomic E-state index is 12.7. The van der Waals surface area contributed by atoms with Crippen LogP contribution in [0.4, 0.5) is 5.69 Å². The van der Waals surface area contributed by atoms with Crippen LogP contribution >= 0.6 is 0 Å². The lowest BCUT2D eigenvalue weighted by Crippen LogP contribution is -2.29. The molecule has 0 saturated carbocycles. The van der Waals surface area contributed by atoms with E-state index in [4.69, 9.17) is 4.74 Å².